The highest BCUT2D eigenvalue weighted by Crippen LogP contribution is 2.44. The van der Waals surface area contributed by atoms with Crippen LogP contribution in [0, 0.1) is 0 Å². The highest BCUT2D eigenvalue weighted by Gasteiger charge is 2.47. The lowest BCUT2D eigenvalue weighted by Gasteiger charge is -2.39. The second kappa shape index (κ2) is 8.49. The normalized spacial score (nSPS) is 14.5. The van der Waals surface area contributed by atoms with Crippen molar-refractivity contribution in [3.63, 3.8) is 0 Å². The number of amides is 3. The zero-order chi connectivity index (χ0) is 19.1. The monoisotopic (exact) mass is 366 g/mol. The van der Waals surface area contributed by atoms with Crippen molar-refractivity contribution in [1.29, 1.82) is 0 Å². The van der Waals surface area contributed by atoms with Crippen LogP contribution in [-0.2, 0) is 26.3 Å². The Kier molecular flexibility index (Phi) is 5.86. The summed E-state index contributed by atoms with van der Waals surface area (Å²) in [5, 5.41) is 4.75. The van der Waals surface area contributed by atoms with Crippen molar-refractivity contribution in [1.82, 2.24) is 10.6 Å². The maximum absolute atomic E-state index is 12.5. The van der Waals surface area contributed by atoms with E-state index in [0.717, 1.165) is 17.5 Å². The third-order valence-electron chi connectivity index (χ3n) is 4.81. The van der Waals surface area contributed by atoms with Crippen LogP contribution in [0.2, 0.25) is 0 Å². The lowest BCUT2D eigenvalue weighted by Crippen LogP contribution is -2.46. The molecule has 0 heterocycles. The Morgan fingerprint density at radius 3 is 2.15 bits per heavy atom. The fraction of sp³-hybridized carbons (Fsp3) is 0.286. The molecule has 2 aromatic rings. The number of carbonyl (C=O) groups excluding carboxylic acids is 3. The number of ether oxygens (including phenoxy) is 1. The molecule has 0 bridgehead atoms. The number of hydrogen-bond acceptors (Lipinski definition) is 4. The summed E-state index contributed by atoms with van der Waals surface area (Å²) >= 11 is 0. The van der Waals surface area contributed by atoms with E-state index < -0.39 is 29.9 Å². The van der Waals surface area contributed by atoms with Gasteiger partial charge in [-0.1, -0.05) is 67.1 Å². The first-order valence-corrected chi connectivity index (χ1v) is 8.94. The van der Waals surface area contributed by atoms with E-state index in [-0.39, 0.29) is 0 Å². The van der Waals surface area contributed by atoms with Crippen LogP contribution >= 0.6 is 0 Å². The number of hydrogen-bond donors (Lipinski definition) is 2. The van der Waals surface area contributed by atoms with E-state index in [2.05, 4.69) is 10.6 Å². The fourth-order valence-corrected chi connectivity index (χ4v) is 3.15. The zero-order valence-corrected chi connectivity index (χ0v) is 14.9. The molecule has 1 aliphatic rings. The molecule has 6 heteroatoms. The Balaban J connectivity index is 1.46. The fourth-order valence-electron chi connectivity index (χ4n) is 3.15. The minimum Gasteiger partial charge on any atom is -0.455 e. The van der Waals surface area contributed by atoms with E-state index in [1.54, 1.807) is 0 Å². The van der Waals surface area contributed by atoms with Crippen molar-refractivity contribution in [2.75, 3.05) is 6.61 Å². The zero-order valence-electron chi connectivity index (χ0n) is 14.9. The molecule has 0 radical (unpaired) electrons. The molecule has 0 aromatic heterocycles. The van der Waals surface area contributed by atoms with E-state index >= 15 is 0 Å². The van der Waals surface area contributed by atoms with Crippen molar-refractivity contribution in [3.8, 4) is 0 Å². The largest absolute Gasteiger partial charge is 0.455 e. The molecular formula is C21H22N2O4. The van der Waals surface area contributed by atoms with Gasteiger partial charge in [-0.15, -0.1) is 0 Å². The van der Waals surface area contributed by atoms with Crippen LogP contribution in [0.3, 0.4) is 0 Å². The van der Waals surface area contributed by atoms with Crippen LogP contribution in [0.15, 0.2) is 60.7 Å². The molecule has 0 atom stereocenters. The molecule has 1 saturated carbocycles. The molecule has 140 valence electrons. The van der Waals surface area contributed by atoms with Gasteiger partial charge in [0.2, 0.25) is 0 Å². The minimum absolute atomic E-state index is 0.302. The van der Waals surface area contributed by atoms with Gasteiger partial charge in [0, 0.05) is 6.54 Å². The van der Waals surface area contributed by atoms with Gasteiger partial charge in [-0.2, -0.15) is 0 Å². The van der Waals surface area contributed by atoms with E-state index in [1.165, 1.54) is 0 Å². The third kappa shape index (κ3) is 4.53. The van der Waals surface area contributed by atoms with Crippen molar-refractivity contribution in [2.45, 2.75) is 31.2 Å². The quantitative estimate of drug-likeness (QED) is 0.770. The Hall–Kier alpha value is -3.15. The summed E-state index contributed by atoms with van der Waals surface area (Å²) in [6.45, 7) is -0.178. The van der Waals surface area contributed by atoms with Crippen LogP contribution < -0.4 is 10.6 Å². The van der Waals surface area contributed by atoms with Crippen molar-refractivity contribution in [3.05, 3.63) is 71.8 Å². The minimum atomic E-state index is -0.670. The summed E-state index contributed by atoms with van der Waals surface area (Å²) in [5.74, 6) is -1.07. The topological polar surface area (TPSA) is 84.5 Å². The number of imide groups is 1. The molecular weight excluding hydrogens is 344 g/mol. The van der Waals surface area contributed by atoms with Gasteiger partial charge in [-0.25, -0.2) is 4.79 Å². The Morgan fingerprint density at radius 2 is 1.56 bits per heavy atom. The number of nitrogens with one attached hydrogen (secondary N) is 2. The molecule has 0 aliphatic heterocycles. The Morgan fingerprint density at radius 1 is 0.926 bits per heavy atom. The maximum atomic E-state index is 12.5. The molecule has 3 rings (SSSR count). The number of rotatable bonds is 6. The van der Waals surface area contributed by atoms with Gasteiger partial charge in [0.1, 0.15) is 0 Å². The standard InChI is InChI=1S/C21H22N2O4/c24-18(23-20(26)22-14-16-8-3-1-4-9-16)15-27-19(25)21(12-7-13-21)17-10-5-2-6-11-17/h1-6,8-11H,7,12-15H2,(H2,22,23,24,26). The van der Waals surface area contributed by atoms with Crippen molar-refractivity contribution < 1.29 is 19.1 Å². The van der Waals surface area contributed by atoms with Gasteiger partial charge in [0.25, 0.3) is 5.91 Å². The lowest BCUT2D eigenvalue weighted by atomic mass is 9.64. The van der Waals surface area contributed by atoms with Crippen LogP contribution in [0.1, 0.15) is 30.4 Å². The number of esters is 1. The van der Waals surface area contributed by atoms with Gasteiger partial charge < -0.3 is 10.1 Å². The summed E-state index contributed by atoms with van der Waals surface area (Å²) in [4.78, 5) is 36.2. The van der Waals surface area contributed by atoms with Crippen LogP contribution in [-0.4, -0.2) is 24.5 Å². The number of urea groups is 1. The smallest absolute Gasteiger partial charge is 0.321 e. The predicted octanol–water partition coefficient (Wildman–Crippen LogP) is 2.68. The summed E-state index contributed by atoms with van der Waals surface area (Å²) in [5.41, 5.74) is 1.15. The summed E-state index contributed by atoms with van der Waals surface area (Å²) in [6.07, 6.45) is 2.35. The molecule has 6 nitrogen and oxygen atoms in total. The first-order valence-electron chi connectivity index (χ1n) is 8.94. The molecule has 0 unspecified atom stereocenters. The van der Waals surface area contributed by atoms with E-state index in [9.17, 15) is 14.4 Å². The average molecular weight is 366 g/mol. The third-order valence-corrected chi connectivity index (χ3v) is 4.81. The Bertz CT molecular complexity index is 801. The molecule has 0 saturated heterocycles. The molecule has 0 spiro atoms. The van der Waals surface area contributed by atoms with E-state index in [0.29, 0.717) is 19.4 Å². The van der Waals surface area contributed by atoms with Crippen molar-refractivity contribution >= 4 is 17.9 Å². The van der Waals surface area contributed by atoms with Gasteiger partial charge in [-0.05, 0) is 24.0 Å². The van der Waals surface area contributed by atoms with Crippen LogP contribution in [0.25, 0.3) is 0 Å². The Labute approximate surface area is 157 Å². The first kappa shape index (κ1) is 18.6. The van der Waals surface area contributed by atoms with Crippen LogP contribution in [0.5, 0.6) is 0 Å². The van der Waals surface area contributed by atoms with Gasteiger partial charge in [0.05, 0.1) is 5.41 Å². The highest BCUT2D eigenvalue weighted by atomic mass is 16.5. The number of carbonyl (C=O) groups is 3. The second-order valence-corrected chi connectivity index (χ2v) is 6.59. The van der Waals surface area contributed by atoms with Gasteiger partial charge >= 0.3 is 12.0 Å². The molecule has 2 N–H and O–H groups in total. The lowest BCUT2D eigenvalue weighted by molar-refractivity contribution is -0.157. The number of benzene rings is 2. The molecule has 27 heavy (non-hydrogen) atoms. The average Bonchev–Trinajstić information content (AvgIpc) is 2.65. The molecule has 1 fully saturated rings. The SMILES string of the molecule is O=C(COC(=O)C1(c2ccccc2)CCC1)NC(=O)NCc1ccccc1. The maximum Gasteiger partial charge on any atom is 0.321 e. The highest BCUT2D eigenvalue weighted by molar-refractivity contribution is 5.96. The van der Waals surface area contributed by atoms with Crippen molar-refractivity contribution in [2.24, 2.45) is 0 Å². The summed E-state index contributed by atoms with van der Waals surface area (Å²) < 4.78 is 5.20. The first-order chi connectivity index (χ1) is 13.1. The molecule has 3 amide bonds. The van der Waals surface area contributed by atoms with E-state index in [4.69, 9.17) is 4.74 Å². The molecule has 2 aromatic carbocycles. The van der Waals surface area contributed by atoms with Gasteiger partial charge in [0.15, 0.2) is 6.61 Å². The van der Waals surface area contributed by atoms with Crippen LogP contribution in [0.4, 0.5) is 4.79 Å². The summed E-state index contributed by atoms with van der Waals surface area (Å²) in [6, 6.07) is 18.2. The predicted molar refractivity (Wildman–Crippen MR) is 99.8 cm³/mol. The summed E-state index contributed by atoms with van der Waals surface area (Å²) in [7, 11) is 0. The molecule has 1 aliphatic carbocycles. The second-order valence-electron chi connectivity index (χ2n) is 6.59. The van der Waals surface area contributed by atoms with Gasteiger partial charge in [-0.3, -0.25) is 14.9 Å². The van der Waals surface area contributed by atoms with E-state index in [1.807, 2.05) is 60.7 Å².